The number of benzene rings is 2. The number of amides is 2. The molecule has 0 saturated carbocycles. The number of nitrogens with one attached hydrogen (secondary N) is 1. The van der Waals surface area contributed by atoms with Crippen LogP contribution < -0.4 is 15.6 Å². The third kappa shape index (κ3) is 4.55. The van der Waals surface area contributed by atoms with E-state index in [2.05, 4.69) is 12.2 Å². The van der Waals surface area contributed by atoms with Gasteiger partial charge in [-0.25, -0.2) is 9.78 Å². The lowest BCUT2D eigenvalue weighted by Crippen LogP contribution is -2.45. The number of aromatic nitrogens is 2. The van der Waals surface area contributed by atoms with Crippen LogP contribution in [0.1, 0.15) is 31.2 Å². The summed E-state index contributed by atoms with van der Waals surface area (Å²) in [5, 5.41) is 3.55. The Morgan fingerprint density at radius 3 is 2.74 bits per heavy atom. The van der Waals surface area contributed by atoms with Gasteiger partial charge in [0.1, 0.15) is 11.6 Å². The molecule has 7 heteroatoms. The van der Waals surface area contributed by atoms with Crippen LogP contribution in [0.4, 0.5) is 4.79 Å². The van der Waals surface area contributed by atoms with Gasteiger partial charge in [-0.1, -0.05) is 30.3 Å². The highest BCUT2D eigenvalue weighted by atomic mass is 16.5. The predicted molar refractivity (Wildman–Crippen MR) is 120 cm³/mol. The predicted octanol–water partition coefficient (Wildman–Crippen LogP) is 3.34. The summed E-state index contributed by atoms with van der Waals surface area (Å²) >= 11 is 0. The van der Waals surface area contributed by atoms with Gasteiger partial charge in [0.05, 0.1) is 18.0 Å². The van der Waals surface area contributed by atoms with E-state index in [0.29, 0.717) is 42.7 Å². The Bertz CT molecular complexity index is 1130. The zero-order valence-corrected chi connectivity index (χ0v) is 18.0. The molecule has 2 heterocycles. The van der Waals surface area contributed by atoms with Gasteiger partial charge in [-0.3, -0.25) is 9.36 Å². The minimum atomic E-state index is -0.105. The van der Waals surface area contributed by atoms with Crippen LogP contribution in [0.2, 0.25) is 0 Å². The van der Waals surface area contributed by atoms with E-state index < -0.39 is 0 Å². The van der Waals surface area contributed by atoms with Crippen LogP contribution >= 0.6 is 0 Å². The molecule has 7 nitrogen and oxygen atoms in total. The number of ether oxygens (including phenoxy) is 1. The van der Waals surface area contributed by atoms with Gasteiger partial charge in [0.15, 0.2) is 0 Å². The highest BCUT2D eigenvalue weighted by molar-refractivity contribution is 5.79. The Morgan fingerprint density at radius 2 is 1.97 bits per heavy atom. The van der Waals surface area contributed by atoms with E-state index in [1.807, 2.05) is 35.2 Å². The second kappa shape index (κ2) is 9.20. The number of aryl methyl sites for hydroxylation is 1. The van der Waals surface area contributed by atoms with Crippen molar-refractivity contribution in [1.29, 1.82) is 0 Å². The zero-order chi connectivity index (χ0) is 21.8. The Hall–Kier alpha value is -3.35. The van der Waals surface area contributed by atoms with Gasteiger partial charge in [0, 0.05) is 38.2 Å². The number of hydrogen-bond acceptors (Lipinski definition) is 4. The van der Waals surface area contributed by atoms with Crippen molar-refractivity contribution >= 4 is 16.9 Å². The van der Waals surface area contributed by atoms with Crippen molar-refractivity contribution in [2.45, 2.75) is 45.3 Å². The first-order valence-electron chi connectivity index (χ1n) is 10.7. The number of carbonyl (C=O) groups excluding carboxylic acids is 1. The fourth-order valence-electron chi connectivity index (χ4n) is 4.09. The van der Waals surface area contributed by atoms with Crippen molar-refractivity contribution < 1.29 is 9.53 Å². The number of methoxy groups -OCH3 is 1. The van der Waals surface area contributed by atoms with Crippen LogP contribution in [0.15, 0.2) is 53.3 Å². The monoisotopic (exact) mass is 420 g/mol. The molecule has 0 fully saturated rings. The first-order valence-corrected chi connectivity index (χ1v) is 10.7. The summed E-state index contributed by atoms with van der Waals surface area (Å²) in [6, 6.07) is 15.3. The van der Waals surface area contributed by atoms with Crippen LogP contribution in [0, 0.1) is 0 Å². The number of urea groups is 1. The van der Waals surface area contributed by atoms with Crippen molar-refractivity contribution in [1.82, 2.24) is 19.8 Å². The number of carbonyl (C=O) groups is 1. The van der Waals surface area contributed by atoms with Crippen LogP contribution in [0.3, 0.4) is 0 Å². The van der Waals surface area contributed by atoms with Crippen molar-refractivity contribution in [3.05, 3.63) is 70.3 Å². The van der Waals surface area contributed by atoms with Gasteiger partial charge < -0.3 is 15.0 Å². The highest BCUT2D eigenvalue weighted by Crippen LogP contribution is 2.19. The molecular formula is C24H28N4O3. The van der Waals surface area contributed by atoms with E-state index in [4.69, 9.17) is 9.72 Å². The summed E-state index contributed by atoms with van der Waals surface area (Å²) in [6.45, 7) is 3.39. The Kier molecular flexibility index (Phi) is 6.21. The number of fused-ring (bicyclic) bond motifs is 2. The molecule has 0 aliphatic carbocycles. The van der Waals surface area contributed by atoms with E-state index in [1.165, 1.54) is 0 Å². The third-order valence-electron chi connectivity index (χ3n) is 5.86. The molecule has 0 spiro atoms. The van der Waals surface area contributed by atoms with E-state index in [1.54, 1.807) is 29.9 Å². The van der Waals surface area contributed by atoms with Gasteiger partial charge in [0.2, 0.25) is 0 Å². The number of rotatable bonds is 3. The maximum absolute atomic E-state index is 13.1. The minimum absolute atomic E-state index is 0.0685. The molecule has 31 heavy (non-hydrogen) atoms. The van der Waals surface area contributed by atoms with Crippen molar-refractivity contribution in [2.24, 2.45) is 0 Å². The molecule has 4 rings (SSSR count). The van der Waals surface area contributed by atoms with Crippen LogP contribution in [-0.4, -0.2) is 40.2 Å². The second-order valence-corrected chi connectivity index (χ2v) is 7.95. The molecule has 1 aliphatic heterocycles. The molecular weight excluding hydrogens is 392 g/mol. The van der Waals surface area contributed by atoms with Crippen LogP contribution in [0.25, 0.3) is 10.9 Å². The van der Waals surface area contributed by atoms with Crippen molar-refractivity contribution in [3.8, 4) is 5.75 Å². The maximum Gasteiger partial charge on any atom is 0.318 e. The topological polar surface area (TPSA) is 76.5 Å². The lowest BCUT2D eigenvalue weighted by atomic mass is 10.1. The Morgan fingerprint density at radius 1 is 1.16 bits per heavy atom. The average Bonchev–Trinajstić information content (AvgIpc) is 2.81. The lowest BCUT2D eigenvalue weighted by molar-refractivity contribution is 0.171. The fraction of sp³-hybridized carbons (Fsp3) is 0.375. The number of nitrogens with zero attached hydrogens (tertiary/aromatic N) is 3. The minimum Gasteiger partial charge on any atom is -0.497 e. The zero-order valence-electron chi connectivity index (χ0n) is 18.0. The molecule has 3 aromatic rings. The Labute approximate surface area is 181 Å². The molecule has 0 radical (unpaired) electrons. The fourth-order valence-corrected chi connectivity index (χ4v) is 4.09. The van der Waals surface area contributed by atoms with Crippen molar-refractivity contribution in [3.63, 3.8) is 0 Å². The summed E-state index contributed by atoms with van der Waals surface area (Å²) in [5.74, 6) is 1.43. The SMILES string of the molecule is COc1ccc2c(=O)n3c(nc2c1)CCCC(C)N(Cc1ccccc1)C(=O)NCC3. The number of hydrogen-bond donors (Lipinski definition) is 1. The molecule has 1 atom stereocenters. The molecule has 1 unspecified atom stereocenters. The van der Waals surface area contributed by atoms with E-state index in [-0.39, 0.29) is 17.6 Å². The van der Waals surface area contributed by atoms with Gasteiger partial charge in [-0.15, -0.1) is 0 Å². The van der Waals surface area contributed by atoms with Gasteiger partial charge in [-0.2, -0.15) is 0 Å². The molecule has 1 aliphatic rings. The first kappa shape index (κ1) is 20.9. The van der Waals surface area contributed by atoms with E-state index in [0.717, 1.165) is 24.2 Å². The van der Waals surface area contributed by atoms with Gasteiger partial charge in [-0.05, 0) is 37.5 Å². The maximum atomic E-state index is 13.1. The summed E-state index contributed by atoms with van der Waals surface area (Å²) in [5.41, 5.74) is 1.67. The largest absolute Gasteiger partial charge is 0.497 e. The summed E-state index contributed by atoms with van der Waals surface area (Å²) < 4.78 is 6.99. The highest BCUT2D eigenvalue weighted by Gasteiger charge is 2.22. The molecule has 2 aromatic carbocycles. The average molecular weight is 421 g/mol. The second-order valence-electron chi connectivity index (χ2n) is 7.95. The molecule has 2 amide bonds. The van der Waals surface area contributed by atoms with Crippen LogP contribution in [-0.2, 0) is 19.5 Å². The smallest absolute Gasteiger partial charge is 0.318 e. The summed E-state index contributed by atoms with van der Waals surface area (Å²) in [7, 11) is 1.60. The first-order chi connectivity index (χ1) is 15.1. The standard InChI is InChI=1S/C24H28N4O3/c1-17-7-6-10-22-26-21-15-19(31-2)11-12-20(21)23(29)27(22)14-13-25-24(30)28(17)16-18-8-4-3-5-9-18/h3-5,8-9,11-12,15,17H,6-7,10,13-14,16H2,1-2H3,(H,25,30). The summed E-state index contributed by atoms with van der Waals surface area (Å²) in [6.07, 6.45) is 2.34. The molecule has 1 aromatic heterocycles. The summed E-state index contributed by atoms with van der Waals surface area (Å²) in [4.78, 5) is 32.7. The quantitative estimate of drug-likeness (QED) is 0.705. The van der Waals surface area contributed by atoms with E-state index >= 15 is 0 Å². The van der Waals surface area contributed by atoms with Crippen molar-refractivity contribution in [2.75, 3.05) is 13.7 Å². The molecule has 0 bridgehead atoms. The molecule has 162 valence electrons. The van der Waals surface area contributed by atoms with Crippen LogP contribution in [0.5, 0.6) is 5.75 Å². The lowest BCUT2D eigenvalue weighted by Gasteiger charge is -2.29. The molecule has 1 N–H and O–H groups in total. The Balaban J connectivity index is 1.61. The molecule has 0 saturated heterocycles. The normalized spacial score (nSPS) is 17.5. The van der Waals surface area contributed by atoms with Gasteiger partial charge >= 0.3 is 6.03 Å². The van der Waals surface area contributed by atoms with E-state index in [9.17, 15) is 9.59 Å². The third-order valence-corrected chi connectivity index (χ3v) is 5.86. The van der Waals surface area contributed by atoms with Gasteiger partial charge in [0.25, 0.3) is 5.56 Å².